The fourth-order valence-corrected chi connectivity index (χ4v) is 1.36. The van der Waals surface area contributed by atoms with E-state index in [0.717, 1.165) is 6.07 Å². The van der Waals surface area contributed by atoms with Gasteiger partial charge in [0.2, 0.25) is 0 Å². The lowest BCUT2D eigenvalue weighted by Gasteiger charge is -2.07. The van der Waals surface area contributed by atoms with Gasteiger partial charge < -0.3 is 4.74 Å². The van der Waals surface area contributed by atoms with Crippen LogP contribution in [-0.2, 0) is 0 Å². The minimum Gasteiger partial charge on any atom is -0.406 e. The minimum atomic E-state index is -4.70. The normalized spacial score (nSPS) is 12.0. The summed E-state index contributed by atoms with van der Waals surface area (Å²) in [5, 5.41) is 6.98. The maximum atomic E-state index is 11.9. The molecule has 0 spiro atoms. The zero-order chi connectivity index (χ0) is 11.1. The molecule has 15 heavy (non-hydrogen) atoms. The molecule has 0 bridgehead atoms. The number of halogens is 4. The summed E-state index contributed by atoms with van der Waals surface area (Å²) >= 11 is 5.68. The number of hydrogen-bond acceptors (Lipinski definition) is 2. The molecule has 0 fully saturated rings. The molecule has 1 heterocycles. The third kappa shape index (κ3) is 2.15. The maximum Gasteiger partial charge on any atom is 0.573 e. The molecule has 0 atom stereocenters. The molecule has 0 saturated carbocycles. The number of nitrogens with zero attached hydrogens (tertiary/aromatic N) is 1. The van der Waals surface area contributed by atoms with Crippen molar-refractivity contribution in [3.63, 3.8) is 0 Å². The Hall–Kier alpha value is -1.43. The molecule has 80 valence electrons. The number of fused-ring (bicyclic) bond motifs is 1. The van der Waals surface area contributed by atoms with Gasteiger partial charge in [0.1, 0.15) is 10.9 Å². The number of H-pyrrole nitrogens is 1. The average Bonchev–Trinajstić information content (AvgIpc) is 2.45. The topological polar surface area (TPSA) is 37.9 Å². The summed E-state index contributed by atoms with van der Waals surface area (Å²) in [5.74, 6) is -0.321. The smallest absolute Gasteiger partial charge is 0.406 e. The van der Waals surface area contributed by atoms with Crippen LogP contribution in [0, 0.1) is 0 Å². The standard InChI is InChI=1S/C8H4ClF3N2O/c9-7-5-2-1-4(15-8(10,11)12)3-6(5)13-14-7/h1-3H,(H,13,14). The predicted octanol–water partition coefficient (Wildman–Crippen LogP) is 3.11. The summed E-state index contributed by atoms with van der Waals surface area (Å²) in [5.41, 5.74) is 0.321. The third-order valence-corrected chi connectivity index (χ3v) is 2.00. The third-order valence-electron chi connectivity index (χ3n) is 1.71. The van der Waals surface area contributed by atoms with Gasteiger partial charge in [-0.2, -0.15) is 5.10 Å². The number of ether oxygens (including phenoxy) is 1. The van der Waals surface area contributed by atoms with E-state index >= 15 is 0 Å². The first kappa shape index (κ1) is 10.1. The van der Waals surface area contributed by atoms with Crippen molar-refractivity contribution < 1.29 is 17.9 Å². The summed E-state index contributed by atoms with van der Waals surface area (Å²) in [6.45, 7) is 0. The van der Waals surface area contributed by atoms with Gasteiger partial charge in [0.25, 0.3) is 0 Å². The molecule has 0 unspecified atom stereocenters. The fraction of sp³-hybridized carbons (Fsp3) is 0.125. The first-order valence-corrected chi connectivity index (χ1v) is 4.23. The first-order chi connectivity index (χ1) is 6.96. The van der Waals surface area contributed by atoms with Crippen molar-refractivity contribution in [2.45, 2.75) is 6.36 Å². The molecule has 0 aliphatic rings. The van der Waals surface area contributed by atoms with Crippen LogP contribution in [0.2, 0.25) is 5.15 Å². The van der Waals surface area contributed by atoms with Gasteiger partial charge in [-0.25, -0.2) is 0 Å². The molecule has 1 aromatic heterocycles. The molecule has 2 aromatic rings. The van der Waals surface area contributed by atoms with Crippen LogP contribution in [0.1, 0.15) is 0 Å². The summed E-state index contributed by atoms with van der Waals surface area (Å²) in [4.78, 5) is 0. The molecular weight excluding hydrogens is 233 g/mol. The number of nitrogens with one attached hydrogen (secondary N) is 1. The predicted molar refractivity (Wildman–Crippen MR) is 47.8 cm³/mol. The van der Waals surface area contributed by atoms with E-state index in [0.29, 0.717) is 10.9 Å². The highest BCUT2D eigenvalue weighted by atomic mass is 35.5. The Bertz CT molecular complexity index is 494. The average molecular weight is 237 g/mol. The lowest BCUT2D eigenvalue weighted by atomic mass is 10.2. The lowest BCUT2D eigenvalue weighted by molar-refractivity contribution is -0.274. The lowest BCUT2D eigenvalue weighted by Crippen LogP contribution is -2.16. The van der Waals surface area contributed by atoms with Crippen molar-refractivity contribution in [3.8, 4) is 5.75 Å². The van der Waals surface area contributed by atoms with Gasteiger partial charge in [0.05, 0.1) is 5.52 Å². The van der Waals surface area contributed by atoms with Gasteiger partial charge in [0, 0.05) is 11.5 Å². The maximum absolute atomic E-state index is 11.9. The number of rotatable bonds is 1. The van der Waals surface area contributed by atoms with Crippen LogP contribution in [0.5, 0.6) is 5.75 Å². The van der Waals surface area contributed by atoms with Gasteiger partial charge in [-0.15, -0.1) is 13.2 Å². The molecule has 7 heteroatoms. The second-order valence-electron chi connectivity index (χ2n) is 2.76. The van der Waals surface area contributed by atoms with Crippen molar-refractivity contribution in [2.75, 3.05) is 0 Å². The van der Waals surface area contributed by atoms with Crippen molar-refractivity contribution in [3.05, 3.63) is 23.4 Å². The summed E-state index contributed by atoms with van der Waals surface area (Å²) in [6.07, 6.45) is -4.70. The Kier molecular flexibility index (Phi) is 2.22. The van der Waals surface area contributed by atoms with Gasteiger partial charge in [0.15, 0.2) is 0 Å². The summed E-state index contributed by atoms with van der Waals surface area (Å²) < 4.78 is 39.3. The Morgan fingerprint density at radius 3 is 2.73 bits per heavy atom. The van der Waals surface area contributed by atoms with E-state index in [-0.39, 0.29) is 10.9 Å². The van der Waals surface area contributed by atoms with Crippen LogP contribution in [0.4, 0.5) is 13.2 Å². The van der Waals surface area contributed by atoms with Crippen molar-refractivity contribution in [2.24, 2.45) is 0 Å². The molecule has 0 aliphatic heterocycles. The Labute approximate surface area is 86.8 Å². The number of alkyl halides is 3. The van der Waals surface area contributed by atoms with Crippen LogP contribution in [0.3, 0.4) is 0 Å². The number of aromatic nitrogens is 2. The highest BCUT2D eigenvalue weighted by Gasteiger charge is 2.31. The zero-order valence-electron chi connectivity index (χ0n) is 7.10. The van der Waals surface area contributed by atoms with Crippen LogP contribution in [0.15, 0.2) is 18.2 Å². The molecule has 0 radical (unpaired) electrons. The molecular formula is C8H4ClF3N2O. The van der Waals surface area contributed by atoms with E-state index in [1.807, 2.05) is 0 Å². The van der Waals surface area contributed by atoms with E-state index in [2.05, 4.69) is 14.9 Å². The van der Waals surface area contributed by atoms with E-state index in [9.17, 15) is 13.2 Å². The molecule has 1 N–H and O–H groups in total. The molecule has 0 aliphatic carbocycles. The molecule has 3 nitrogen and oxygen atoms in total. The van der Waals surface area contributed by atoms with Crippen LogP contribution in [-0.4, -0.2) is 16.6 Å². The van der Waals surface area contributed by atoms with E-state index in [1.165, 1.54) is 12.1 Å². The van der Waals surface area contributed by atoms with E-state index < -0.39 is 6.36 Å². The second-order valence-corrected chi connectivity index (χ2v) is 3.14. The van der Waals surface area contributed by atoms with Gasteiger partial charge >= 0.3 is 6.36 Å². The van der Waals surface area contributed by atoms with Gasteiger partial charge in [-0.05, 0) is 12.1 Å². The number of hydrogen-bond donors (Lipinski definition) is 1. The Morgan fingerprint density at radius 2 is 2.07 bits per heavy atom. The van der Waals surface area contributed by atoms with Crippen molar-refractivity contribution >= 4 is 22.5 Å². The highest BCUT2D eigenvalue weighted by molar-refractivity contribution is 6.34. The Balaban J connectivity index is 2.39. The van der Waals surface area contributed by atoms with E-state index in [4.69, 9.17) is 11.6 Å². The second kappa shape index (κ2) is 3.30. The fourth-order valence-electron chi connectivity index (χ4n) is 1.16. The highest BCUT2D eigenvalue weighted by Crippen LogP contribution is 2.28. The first-order valence-electron chi connectivity index (χ1n) is 3.85. The zero-order valence-corrected chi connectivity index (χ0v) is 7.86. The monoisotopic (exact) mass is 236 g/mol. The van der Waals surface area contributed by atoms with Gasteiger partial charge in [-0.1, -0.05) is 11.6 Å². The van der Waals surface area contributed by atoms with Crippen LogP contribution >= 0.6 is 11.6 Å². The Morgan fingerprint density at radius 1 is 1.33 bits per heavy atom. The molecule has 1 aromatic carbocycles. The number of aromatic amines is 1. The largest absolute Gasteiger partial charge is 0.573 e. The molecule has 2 rings (SSSR count). The summed E-state index contributed by atoms with van der Waals surface area (Å²) in [6, 6.07) is 3.74. The molecule has 0 saturated heterocycles. The van der Waals surface area contributed by atoms with Crippen molar-refractivity contribution in [1.82, 2.24) is 10.2 Å². The number of benzene rings is 1. The van der Waals surface area contributed by atoms with Crippen LogP contribution < -0.4 is 4.74 Å². The summed E-state index contributed by atoms with van der Waals surface area (Å²) in [7, 11) is 0. The van der Waals surface area contributed by atoms with Gasteiger partial charge in [-0.3, -0.25) is 5.10 Å². The quantitative estimate of drug-likeness (QED) is 0.826. The molecule has 0 amide bonds. The minimum absolute atomic E-state index is 0.281. The SMILES string of the molecule is FC(F)(F)Oc1ccc2c(Cl)[nH]nc2c1. The van der Waals surface area contributed by atoms with E-state index in [1.54, 1.807) is 0 Å². The van der Waals surface area contributed by atoms with Crippen LogP contribution in [0.25, 0.3) is 10.9 Å². The van der Waals surface area contributed by atoms with Crippen molar-refractivity contribution in [1.29, 1.82) is 0 Å².